The lowest BCUT2D eigenvalue weighted by Crippen LogP contribution is -2.47. The smallest absolute Gasteiger partial charge is 0.157 e. The van der Waals surface area contributed by atoms with Crippen molar-refractivity contribution in [3.05, 3.63) is 0 Å². The Labute approximate surface area is 103 Å². The molecule has 1 aliphatic heterocycles. The van der Waals surface area contributed by atoms with E-state index in [2.05, 4.69) is 33.0 Å². The van der Waals surface area contributed by atoms with Crippen molar-refractivity contribution in [3.8, 4) is 0 Å². The topological polar surface area (TPSA) is 33.6 Å². The monoisotopic (exact) mass is 244 g/mol. The average Bonchev–Trinajstić information content (AvgIpc) is 2.17. The van der Waals surface area contributed by atoms with Crippen LogP contribution < -0.4 is 5.32 Å². The molecule has 1 heterocycles. The molecule has 94 valence electrons. The maximum absolute atomic E-state index is 5.20. The van der Waals surface area contributed by atoms with Crippen LogP contribution >= 0.6 is 11.8 Å². The molecule has 0 amide bonds. The van der Waals surface area contributed by atoms with Crippen LogP contribution in [0.25, 0.3) is 0 Å². The number of rotatable bonds is 4. The van der Waals surface area contributed by atoms with Crippen molar-refractivity contribution >= 4 is 16.9 Å². The molecule has 1 N–H and O–H groups in total. The molecule has 0 radical (unpaired) electrons. The molecule has 0 saturated heterocycles. The van der Waals surface area contributed by atoms with Gasteiger partial charge in [-0.25, -0.2) is 0 Å². The van der Waals surface area contributed by atoms with E-state index < -0.39 is 0 Å². The van der Waals surface area contributed by atoms with Crippen molar-refractivity contribution in [2.45, 2.75) is 51.6 Å². The molecule has 1 unspecified atom stereocenters. The van der Waals surface area contributed by atoms with Crippen LogP contribution in [0.5, 0.6) is 0 Å². The zero-order chi connectivity index (χ0) is 12.2. The minimum atomic E-state index is -0.0490. The maximum atomic E-state index is 5.20. The van der Waals surface area contributed by atoms with Crippen LogP contribution in [-0.2, 0) is 4.74 Å². The zero-order valence-electron chi connectivity index (χ0n) is 11.1. The highest BCUT2D eigenvalue weighted by molar-refractivity contribution is 8.13. The molecule has 0 saturated carbocycles. The van der Waals surface area contributed by atoms with E-state index in [1.807, 2.05) is 11.8 Å². The summed E-state index contributed by atoms with van der Waals surface area (Å²) >= 11 is 1.82. The molecule has 16 heavy (non-hydrogen) atoms. The number of nitrogens with zero attached hydrogens (tertiary/aromatic N) is 1. The standard InChI is InChI=1S/C12H24N2OS/c1-6-12(4)7-8-16-10(14-12)13-11(2,3)9-15-5/h6-9H2,1-5H3,(H,13,14). The molecule has 3 nitrogen and oxygen atoms in total. The molecule has 1 aliphatic rings. The SMILES string of the molecule is CCC1(C)CCSC(NC(C)(C)COC)=N1. The minimum Gasteiger partial charge on any atom is -0.382 e. The summed E-state index contributed by atoms with van der Waals surface area (Å²) in [6, 6.07) is 0. The molecule has 1 atom stereocenters. The first-order valence-corrected chi connectivity index (χ1v) is 6.89. The number of nitrogens with one attached hydrogen (secondary N) is 1. The normalized spacial score (nSPS) is 26.4. The second kappa shape index (κ2) is 5.41. The van der Waals surface area contributed by atoms with Gasteiger partial charge in [0.05, 0.1) is 17.7 Å². The first-order valence-electron chi connectivity index (χ1n) is 5.90. The average molecular weight is 244 g/mol. The molecule has 1 rings (SSSR count). The number of hydrogen-bond donors (Lipinski definition) is 1. The summed E-state index contributed by atoms with van der Waals surface area (Å²) in [5, 5.41) is 4.54. The number of amidine groups is 1. The van der Waals surface area contributed by atoms with Gasteiger partial charge in [-0.05, 0) is 33.6 Å². The number of hydrogen-bond acceptors (Lipinski definition) is 4. The lowest BCUT2D eigenvalue weighted by molar-refractivity contribution is 0.140. The Balaban J connectivity index is 2.66. The van der Waals surface area contributed by atoms with Crippen LogP contribution in [-0.4, -0.2) is 35.7 Å². The molecule has 0 fully saturated rings. The van der Waals surface area contributed by atoms with E-state index in [9.17, 15) is 0 Å². The van der Waals surface area contributed by atoms with Crippen LogP contribution in [0.3, 0.4) is 0 Å². The number of aliphatic imine (C=N–C) groups is 1. The van der Waals surface area contributed by atoms with Crippen molar-refractivity contribution in [2.24, 2.45) is 4.99 Å². The van der Waals surface area contributed by atoms with Crippen LogP contribution in [0, 0.1) is 0 Å². The van der Waals surface area contributed by atoms with Crippen LogP contribution in [0.2, 0.25) is 0 Å². The highest BCUT2D eigenvalue weighted by atomic mass is 32.2. The van der Waals surface area contributed by atoms with Gasteiger partial charge in [-0.15, -0.1) is 0 Å². The third-order valence-electron chi connectivity index (χ3n) is 2.96. The fourth-order valence-corrected chi connectivity index (χ4v) is 3.08. The zero-order valence-corrected chi connectivity index (χ0v) is 11.9. The van der Waals surface area contributed by atoms with Gasteiger partial charge in [-0.3, -0.25) is 4.99 Å². The van der Waals surface area contributed by atoms with E-state index in [1.165, 1.54) is 6.42 Å². The molecule has 0 spiro atoms. The maximum Gasteiger partial charge on any atom is 0.157 e. The van der Waals surface area contributed by atoms with Crippen LogP contribution in [0.15, 0.2) is 4.99 Å². The Morgan fingerprint density at radius 1 is 1.56 bits per heavy atom. The predicted octanol–water partition coefficient (Wildman–Crippen LogP) is 2.66. The van der Waals surface area contributed by atoms with Crippen LogP contribution in [0.4, 0.5) is 0 Å². The third kappa shape index (κ3) is 3.98. The molecule has 0 aromatic rings. The summed E-state index contributed by atoms with van der Waals surface area (Å²) in [7, 11) is 1.73. The highest BCUT2D eigenvalue weighted by Crippen LogP contribution is 2.29. The van der Waals surface area contributed by atoms with Gasteiger partial charge in [0, 0.05) is 12.9 Å². The van der Waals surface area contributed by atoms with E-state index >= 15 is 0 Å². The Hall–Kier alpha value is -0.220. The van der Waals surface area contributed by atoms with Gasteiger partial charge in [0.1, 0.15) is 0 Å². The van der Waals surface area contributed by atoms with Gasteiger partial charge in [0.15, 0.2) is 5.17 Å². The van der Waals surface area contributed by atoms with Gasteiger partial charge in [-0.2, -0.15) is 0 Å². The van der Waals surface area contributed by atoms with Crippen molar-refractivity contribution < 1.29 is 4.74 Å². The predicted molar refractivity (Wildman–Crippen MR) is 72.3 cm³/mol. The van der Waals surface area contributed by atoms with Gasteiger partial charge in [0.2, 0.25) is 0 Å². The highest BCUT2D eigenvalue weighted by Gasteiger charge is 2.28. The second-order valence-electron chi connectivity index (χ2n) is 5.31. The summed E-state index contributed by atoms with van der Waals surface area (Å²) in [6.07, 6.45) is 2.27. The largest absolute Gasteiger partial charge is 0.382 e. The van der Waals surface area contributed by atoms with Gasteiger partial charge < -0.3 is 10.1 Å². The van der Waals surface area contributed by atoms with Crippen molar-refractivity contribution in [1.82, 2.24) is 5.32 Å². The summed E-state index contributed by atoms with van der Waals surface area (Å²) < 4.78 is 5.20. The Morgan fingerprint density at radius 2 is 2.25 bits per heavy atom. The number of ether oxygens (including phenoxy) is 1. The molecular formula is C12H24N2OS. The van der Waals surface area contributed by atoms with Gasteiger partial charge in [0.25, 0.3) is 0 Å². The Bertz CT molecular complexity index is 266. The second-order valence-corrected chi connectivity index (χ2v) is 6.39. The molecule has 4 heteroatoms. The third-order valence-corrected chi connectivity index (χ3v) is 3.84. The number of methoxy groups -OCH3 is 1. The fraction of sp³-hybridized carbons (Fsp3) is 0.917. The van der Waals surface area contributed by atoms with Gasteiger partial charge >= 0.3 is 0 Å². The molecule has 0 bridgehead atoms. The fourth-order valence-electron chi connectivity index (χ4n) is 1.71. The minimum absolute atomic E-state index is 0.0490. The van der Waals surface area contributed by atoms with Gasteiger partial charge in [-0.1, -0.05) is 18.7 Å². The van der Waals surface area contributed by atoms with E-state index in [-0.39, 0.29) is 11.1 Å². The molecule has 0 aliphatic carbocycles. The van der Waals surface area contributed by atoms with E-state index in [4.69, 9.17) is 9.73 Å². The first kappa shape index (κ1) is 13.8. The van der Waals surface area contributed by atoms with E-state index in [0.29, 0.717) is 6.61 Å². The van der Waals surface area contributed by atoms with Crippen LogP contribution in [0.1, 0.15) is 40.5 Å². The molecular weight excluding hydrogens is 220 g/mol. The summed E-state index contributed by atoms with van der Waals surface area (Å²) in [4.78, 5) is 4.81. The lowest BCUT2D eigenvalue weighted by atomic mass is 9.96. The van der Waals surface area contributed by atoms with E-state index in [1.54, 1.807) is 7.11 Å². The summed E-state index contributed by atoms with van der Waals surface area (Å²) in [5.41, 5.74) is 0.0727. The lowest BCUT2D eigenvalue weighted by Gasteiger charge is -2.33. The van der Waals surface area contributed by atoms with Crippen molar-refractivity contribution in [1.29, 1.82) is 0 Å². The summed E-state index contributed by atoms with van der Waals surface area (Å²) in [6.45, 7) is 9.40. The Kier molecular flexibility index (Phi) is 4.68. The van der Waals surface area contributed by atoms with Crippen molar-refractivity contribution in [3.63, 3.8) is 0 Å². The quantitative estimate of drug-likeness (QED) is 0.825. The Morgan fingerprint density at radius 3 is 2.81 bits per heavy atom. The van der Waals surface area contributed by atoms with Crippen molar-refractivity contribution in [2.75, 3.05) is 19.5 Å². The molecule has 0 aromatic heterocycles. The first-order chi connectivity index (χ1) is 7.41. The summed E-state index contributed by atoms with van der Waals surface area (Å²) in [5.74, 6) is 1.15. The molecule has 0 aromatic carbocycles. The van der Waals surface area contributed by atoms with E-state index in [0.717, 1.165) is 17.3 Å². The number of thioether (sulfide) groups is 1.